The van der Waals surface area contributed by atoms with Crippen molar-refractivity contribution in [2.45, 2.75) is 45.2 Å². The summed E-state index contributed by atoms with van der Waals surface area (Å²) in [6, 6.07) is 5.88. The molecule has 0 spiro atoms. The predicted molar refractivity (Wildman–Crippen MR) is 75.3 cm³/mol. The van der Waals surface area contributed by atoms with Crippen molar-refractivity contribution in [2.24, 2.45) is 5.10 Å². The topological polar surface area (TPSA) is 35.8 Å². The zero-order valence-electron chi connectivity index (χ0n) is 10.8. The predicted octanol–water partition coefficient (Wildman–Crippen LogP) is 3.64. The number of halogens is 1. The van der Waals surface area contributed by atoms with Crippen LogP contribution in [-0.4, -0.2) is 28.4 Å². The van der Waals surface area contributed by atoms with E-state index in [-0.39, 0.29) is 5.75 Å². The minimum atomic E-state index is 0.209. The Morgan fingerprint density at radius 2 is 2.00 bits per heavy atom. The summed E-state index contributed by atoms with van der Waals surface area (Å²) in [6.45, 7) is 4.37. The first-order valence-electron chi connectivity index (χ1n) is 6.39. The van der Waals surface area contributed by atoms with Crippen LogP contribution in [0.5, 0.6) is 5.75 Å². The number of benzene rings is 1. The lowest BCUT2D eigenvalue weighted by Crippen LogP contribution is -2.39. The van der Waals surface area contributed by atoms with E-state index in [9.17, 15) is 5.11 Å². The van der Waals surface area contributed by atoms with Gasteiger partial charge in [0, 0.05) is 22.7 Å². The molecule has 0 aliphatic carbocycles. The Morgan fingerprint density at radius 3 is 2.67 bits per heavy atom. The number of nitrogens with zero attached hydrogens (tertiary/aromatic N) is 2. The Labute approximate surface area is 113 Å². The molecule has 0 saturated carbocycles. The van der Waals surface area contributed by atoms with Crippen molar-refractivity contribution in [1.82, 2.24) is 5.01 Å². The maximum atomic E-state index is 9.73. The number of hydrogen-bond donors (Lipinski definition) is 1. The molecule has 1 aliphatic rings. The summed E-state index contributed by atoms with van der Waals surface area (Å²) in [4.78, 5) is 0. The summed E-state index contributed by atoms with van der Waals surface area (Å²) < 4.78 is 0. The molecule has 1 saturated heterocycles. The number of piperidine rings is 1. The van der Waals surface area contributed by atoms with Gasteiger partial charge in [-0.05, 0) is 51.3 Å². The largest absolute Gasteiger partial charge is 0.507 e. The molecule has 0 aromatic heterocycles. The number of phenolic OH excluding ortho intramolecular Hbond substituents is 1. The molecule has 0 amide bonds. The van der Waals surface area contributed by atoms with Crippen molar-refractivity contribution in [1.29, 1.82) is 0 Å². The van der Waals surface area contributed by atoms with Crippen molar-refractivity contribution < 1.29 is 5.11 Å². The molecule has 0 radical (unpaired) electrons. The van der Waals surface area contributed by atoms with Crippen molar-refractivity contribution in [3.63, 3.8) is 0 Å². The average molecular weight is 267 g/mol. The number of rotatable bonds is 2. The van der Waals surface area contributed by atoms with Crippen LogP contribution >= 0.6 is 11.6 Å². The van der Waals surface area contributed by atoms with E-state index in [0.29, 0.717) is 22.7 Å². The molecule has 1 aromatic carbocycles. The first kappa shape index (κ1) is 13.2. The Bertz CT molecular complexity index is 437. The fourth-order valence-electron chi connectivity index (χ4n) is 2.39. The van der Waals surface area contributed by atoms with Gasteiger partial charge in [0.1, 0.15) is 5.75 Å². The fraction of sp³-hybridized carbons (Fsp3) is 0.500. The van der Waals surface area contributed by atoms with Crippen molar-refractivity contribution in [3.8, 4) is 5.75 Å². The monoisotopic (exact) mass is 266 g/mol. The SMILES string of the molecule is C[C@H]1CCC[C@H](C)N1/N=C/c1cc(Cl)ccc1O. The third kappa shape index (κ3) is 2.96. The Kier molecular flexibility index (Phi) is 4.12. The van der Waals surface area contributed by atoms with Crippen LogP contribution in [0.1, 0.15) is 38.7 Å². The molecule has 0 bridgehead atoms. The molecule has 1 aliphatic heterocycles. The molecular formula is C14H19ClN2O. The van der Waals surface area contributed by atoms with Gasteiger partial charge in [-0.3, -0.25) is 5.01 Å². The van der Waals surface area contributed by atoms with Gasteiger partial charge in [0.2, 0.25) is 0 Å². The van der Waals surface area contributed by atoms with Crippen LogP contribution in [0, 0.1) is 0 Å². The average Bonchev–Trinajstić information content (AvgIpc) is 2.33. The van der Waals surface area contributed by atoms with Crippen LogP contribution in [0.15, 0.2) is 23.3 Å². The Balaban J connectivity index is 2.16. The summed E-state index contributed by atoms with van der Waals surface area (Å²) in [5.74, 6) is 0.209. The minimum Gasteiger partial charge on any atom is -0.507 e. The van der Waals surface area contributed by atoms with E-state index in [1.807, 2.05) is 0 Å². The van der Waals surface area contributed by atoms with Crippen molar-refractivity contribution in [3.05, 3.63) is 28.8 Å². The van der Waals surface area contributed by atoms with Gasteiger partial charge in [-0.1, -0.05) is 11.6 Å². The lowest BCUT2D eigenvalue weighted by Gasteiger charge is -2.36. The summed E-state index contributed by atoms with van der Waals surface area (Å²) in [5, 5.41) is 17.0. The third-order valence-electron chi connectivity index (χ3n) is 3.47. The van der Waals surface area contributed by atoms with Crippen LogP contribution in [0.4, 0.5) is 0 Å². The zero-order valence-corrected chi connectivity index (χ0v) is 11.6. The summed E-state index contributed by atoms with van der Waals surface area (Å²) >= 11 is 5.91. The highest BCUT2D eigenvalue weighted by Gasteiger charge is 2.22. The van der Waals surface area contributed by atoms with Crippen molar-refractivity contribution in [2.75, 3.05) is 0 Å². The van der Waals surface area contributed by atoms with Gasteiger partial charge in [-0.15, -0.1) is 0 Å². The maximum absolute atomic E-state index is 9.73. The first-order chi connectivity index (χ1) is 8.58. The van der Waals surface area contributed by atoms with E-state index in [0.717, 1.165) is 0 Å². The molecule has 1 heterocycles. The molecule has 1 N–H and O–H groups in total. The lowest BCUT2D eigenvalue weighted by atomic mass is 10.00. The highest BCUT2D eigenvalue weighted by atomic mass is 35.5. The van der Waals surface area contributed by atoms with Gasteiger partial charge in [-0.2, -0.15) is 5.10 Å². The highest BCUT2D eigenvalue weighted by Crippen LogP contribution is 2.24. The quantitative estimate of drug-likeness (QED) is 0.830. The van der Waals surface area contributed by atoms with Crippen LogP contribution < -0.4 is 0 Å². The number of hydrogen-bond acceptors (Lipinski definition) is 3. The van der Waals surface area contributed by atoms with Crippen LogP contribution in [0.25, 0.3) is 0 Å². The van der Waals surface area contributed by atoms with E-state index in [2.05, 4.69) is 24.0 Å². The molecule has 2 atom stereocenters. The van der Waals surface area contributed by atoms with E-state index in [1.54, 1.807) is 24.4 Å². The minimum absolute atomic E-state index is 0.209. The number of hydrazone groups is 1. The Morgan fingerprint density at radius 1 is 1.33 bits per heavy atom. The molecule has 0 unspecified atom stereocenters. The van der Waals surface area contributed by atoms with Gasteiger partial charge < -0.3 is 5.11 Å². The fourth-order valence-corrected chi connectivity index (χ4v) is 2.57. The molecular weight excluding hydrogens is 248 g/mol. The molecule has 98 valence electrons. The smallest absolute Gasteiger partial charge is 0.124 e. The van der Waals surface area contributed by atoms with E-state index in [4.69, 9.17) is 11.6 Å². The molecule has 1 aromatic rings. The van der Waals surface area contributed by atoms with Crippen LogP contribution in [0.2, 0.25) is 5.02 Å². The summed E-state index contributed by atoms with van der Waals surface area (Å²) in [7, 11) is 0. The van der Waals surface area contributed by atoms with Crippen LogP contribution in [0.3, 0.4) is 0 Å². The second-order valence-electron chi connectivity index (χ2n) is 4.96. The van der Waals surface area contributed by atoms with E-state index < -0.39 is 0 Å². The molecule has 2 rings (SSSR count). The molecule has 4 heteroatoms. The Hall–Kier alpha value is -1.22. The summed E-state index contributed by atoms with van der Waals surface area (Å²) in [6.07, 6.45) is 5.29. The van der Waals surface area contributed by atoms with E-state index >= 15 is 0 Å². The maximum Gasteiger partial charge on any atom is 0.124 e. The lowest BCUT2D eigenvalue weighted by molar-refractivity contribution is 0.109. The van der Waals surface area contributed by atoms with Gasteiger partial charge in [0.25, 0.3) is 0 Å². The second kappa shape index (κ2) is 5.61. The van der Waals surface area contributed by atoms with Crippen molar-refractivity contribution >= 4 is 17.8 Å². The van der Waals surface area contributed by atoms with E-state index in [1.165, 1.54) is 19.3 Å². The van der Waals surface area contributed by atoms with Gasteiger partial charge in [0.05, 0.1) is 6.21 Å². The van der Waals surface area contributed by atoms with Gasteiger partial charge in [0.15, 0.2) is 0 Å². The molecule has 3 nitrogen and oxygen atoms in total. The van der Waals surface area contributed by atoms with Gasteiger partial charge >= 0.3 is 0 Å². The third-order valence-corrected chi connectivity index (χ3v) is 3.70. The standard InChI is InChI=1S/C14H19ClN2O/c1-10-4-3-5-11(2)17(10)16-9-12-8-13(15)6-7-14(12)18/h6-11,18H,3-5H2,1-2H3/b16-9+/t10-,11-/m0/s1. The first-order valence-corrected chi connectivity index (χ1v) is 6.76. The summed E-state index contributed by atoms with van der Waals surface area (Å²) in [5.41, 5.74) is 0.660. The van der Waals surface area contributed by atoms with Crippen LogP contribution in [-0.2, 0) is 0 Å². The highest BCUT2D eigenvalue weighted by molar-refractivity contribution is 6.30. The van der Waals surface area contributed by atoms with Gasteiger partial charge in [-0.25, -0.2) is 0 Å². The number of aromatic hydroxyl groups is 1. The molecule has 18 heavy (non-hydrogen) atoms. The number of phenols is 1. The second-order valence-corrected chi connectivity index (χ2v) is 5.39. The normalized spacial score (nSPS) is 24.7. The zero-order chi connectivity index (χ0) is 13.1. The molecule has 1 fully saturated rings.